The van der Waals surface area contributed by atoms with Gasteiger partial charge in [-0.1, -0.05) is 37.3 Å². The molecule has 32 heavy (non-hydrogen) atoms. The zero-order chi connectivity index (χ0) is 22.8. The van der Waals surface area contributed by atoms with Gasteiger partial charge >= 0.3 is 0 Å². The molecule has 1 saturated heterocycles. The van der Waals surface area contributed by atoms with Crippen molar-refractivity contribution >= 4 is 11.7 Å². The van der Waals surface area contributed by atoms with Crippen molar-refractivity contribution in [3.8, 4) is 5.75 Å². The van der Waals surface area contributed by atoms with E-state index >= 15 is 0 Å². The quantitative estimate of drug-likeness (QED) is 0.545. The van der Waals surface area contributed by atoms with Gasteiger partial charge in [0, 0.05) is 51.1 Å². The number of nitrogens with one attached hydrogen (secondary N) is 1. The third-order valence-corrected chi connectivity index (χ3v) is 5.80. The fourth-order valence-corrected chi connectivity index (χ4v) is 3.80. The van der Waals surface area contributed by atoms with E-state index in [0.717, 1.165) is 50.5 Å². The van der Waals surface area contributed by atoms with Gasteiger partial charge in [-0.2, -0.15) is 0 Å². The van der Waals surface area contributed by atoms with Crippen molar-refractivity contribution in [1.82, 2.24) is 15.1 Å². The van der Waals surface area contributed by atoms with Crippen LogP contribution < -0.4 is 10.1 Å². The van der Waals surface area contributed by atoms with E-state index in [2.05, 4.69) is 29.1 Å². The predicted molar refractivity (Wildman–Crippen MR) is 127 cm³/mol. The Kier molecular flexibility index (Phi) is 9.26. The summed E-state index contributed by atoms with van der Waals surface area (Å²) in [6.45, 7) is 7.54. The number of amides is 1. The molecule has 1 amide bonds. The number of nitrogens with zero attached hydrogens (tertiary/aromatic N) is 2. The Balaban J connectivity index is 1.53. The van der Waals surface area contributed by atoms with Gasteiger partial charge in [0.05, 0.1) is 12.6 Å². The molecule has 2 aromatic rings. The number of carbonyl (C=O) groups excluding carboxylic acids is 2. The van der Waals surface area contributed by atoms with Crippen molar-refractivity contribution < 1.29 is 14.3 Å². The van der Waals surface area contributed by atoms with E-state index in [1.54, 1.807) is 12.1 Å². The van der Waals surface area contributed by atoms with Crippen LogP contribution in [0.25, 0.3) is 0 Å². The minimum absolute atomic E-state index is 0.0301. The van der Waals surface area contributed by atoms with Gasteiger partial charge < -0.3 is 15.0 Å². The first kappa shape index (κ1) is 24.0. The van der Waals surface area contributed by atoms with E-state index in [1.807, 2.05) is 42.5 Å². The third kappa shape index (κ3) is 7.46. The van der Waals surface area contributed by atoms with Gasteiger partial charge in [0.1, 0.15) is 5.75 Å². The molecule has 0 aromatic heterocycles. The average Bonchev–Trinajstić information content (AvgIpc) is 2.83. The zero-order valence-corrected chi connectivity index (χ0v) is 19.3. The average molecular weight is 438 g/mol. The molecule has 0 aliphatic carbocycles. The minimum Gasteiger partial charge on any atom is -0.494 e. The standard InChI is InChI=1S/C26H35N3O3/c1-3-19-32-23-11-9-22(10-12-23)25(30)13-14-26(31)27-24(21-7-5-4-6-8-21)20-29-17-15-28(2)16-18-29/h4-12,24H,3,13-20H2,1-2H3,(H,27,31). The van der Waals surface area contributed by atoms with Crippen LogP contribution in [-0.4, -0.2) is 67.9 Å². The van der Waals surface area contributed by atoms with E-state index < -0.39 is 0 Å². The number of piperazine rings is 1. The van der Waals surface area contributed by atoms with E-state index in [4.69, 9.17) is 4.74 Å². The number of likely N-dealkylation sites (N-methyl/N-ethyl adjacent to an activating group) is 1. The highest BCUT2D eigenvalue weighted by Crippen LogP contribution is 2.17. The first-order valence-electron chi connectivity index (χ1n) is 11.6. The molecule has 1 atom stereocenters. The van der Waals surface area contributed by atoms with Crippen LogP contribution in [0.5, 0.6) is 5.75 Å². The molecular weight excluding hydrogens is 402 g/mol. The fraction of sp³-hybridized carbons (Fsp3) is 0.462. The Labute approximate surface area is 191 Å². The molecule has 1 aliphatic heterocycles. The number of carbonyl (C=O) groups is 2. The lowest BCUT2D eigenvalue weighted by Crippen LogP contribution is -2.47. The van der Waals surface area contributed by atoms with Gasteiger partial charge in [-0.15, -0.1) is 0 Å². The topological polar surface area (TPSA) is 61.9 Å². The van der Waals surface area contributed by atoms with Crippen LogP contribution in [0, 0.1) is 0 Å². The number of benzene rings is 2. The van der Waals surface area contributed by atoms with Crippen molar-refractivity contribution in [2.75, 3.05) is 46.4 Å². The van der Waals surface area contributed by atoms with Crippen LogP contribution in [0.1, 0.15) is 48.1 Å². The predicted octanol–water partition coefficient (Wildman–Crippen LogP) is 3.54. The van der Waals surface area contributed by atoms with Gasteiger partial charge in [-0.3, -0.25) is 14.5 Å². The Bertz CT molecular complexity index is 846. The van der Waals surface area contributed by atoms with E-state index in [0.29, 0.717) is 12.2 Å². The summed E-state index contributed by atoms with van der Waals surface area (Å²) < 4.78 is 5.56. The first-order valence-corrected chi connectivity index (χ1v) is 11.6. The summed E-state index contributed by atoms with van der Waals surface area (Å²) in [6, 6.07) is 17.1. The Morgan fingerprint density at radius 2 is 1.66 bits per heavy atom. The van der Waals surface area contributed by atoms with Crippen LogP contribution in [0.3, 0.4) is 0 Å². The van der Waals surface area contributed by atoms with E-state index in [1.165, 1.54) is 0 Å². The number of hydrogen-bond acceptors (Lipinski definition) is 5. The van der Waals surface area contributed by atoms with Crippen LogP contribution in [0.2, 0.25) is 0 Å². The van der Waals surface area contributed by atoms with Gasteiger partial charge in [0.25, 0.3) is 0 Å². The highest BCUT2D eigenvalue weighted by Gasteiger charge is 2.21. The Morgan fingerprint density at radius 3 is 2.31 bits per heavy atom. The highest BCUT2D eigenvalue weighted by molar-refractivity contribution is 5.98. The number of ether oxygens (including phenoxy) is 1. The molecule has 0 spiro atoms. The zero-order valence-electron chi connectivity index (χ0n) is 19.3. The summed E-state index contributed by atoms with van der Waals surface area (Å²) in [6.07, 6.45) is 1.31. The van der Waals surface area contributed by atoms with Crippen molar-refractivity contribution in [2.24, 2.45) is 0 Å². The summed E-state index contributed by atoms with van der Waals surface area (Å²) in [5.74, 6) is 0.637. The molecule has 1 aliphatic rings. The molecule has 6 nitrogen and oxygen atoms in total. The molecular formula is C26H35N3O3. The molecule has 0 saturated carbocycles. The van der Waals surface area contributed by atoms with Crippen molar-refractivity contribution in [2.45, 2.75) is 32.2 Å². The number of rotatable bonds is 11. The summed E-state index contributed by atoms with van der Waals surface area (Å²) in [4.78, 5) is 30.0. The van der Waals surface area contributed by atoms with Crippen LogP contribution in [0.4, 0.5) is 0 Å². The number of Topliss-reactive ketones (excluding diaryl/α,β-unsaturated/α-hetero) is 1. The Hall–Kier alpha value is -2.70. The summed E-state index contributed by atoms with van der Waals surface area (Å²) in [5, 5.41) is 3.16. The molecule has 172 valence electrons. The van der Waals surface area contributed by atoms with E-state index in [9.17, 15) is 9.59 Å². The summed E-state index contributed by atoms with van der Waals surface area (Å²) >= 11 is 0. The molecule has 1 heterocycles. The molecule has 6 heteroatoms. The second-order valence-corrected chi connectivity index (χ2v) is 8.43. The molecule has 2 aromatic carbocycles. The summed E-state index contributed by atoms with van der Waals surface area (Å²) in [5.41, 5.74) is 1.70. The van der Waals surface area contributed by atoms with Gasteiger partial charge in [0.2, 0.25) is 5.91 Å². The van der Waals surface area contributed by atoms with Crippen molar-refractivity contribution in [3.05, 3.63) is 65.7 Å². The van der Waals surface area contributed by atoms with Crippen LogP contribution >= 0.6 is 0 Å². The van der Waals surface area contributed by atoms with Crippen molar-refractivity contribution in [1.29, 1.82) is 0 Å². The second kappa shape index (κ2) is 12.4. The molecule has 1 unspecified atom stereocenters. The minimum atomic E-state index is -0.0933. The lowest BCUT2D eigenvalue weighted by Gasteiger charge is -2.35. The van der Waals surface area contributed by atoms with Crippen LogP contribution in [0.15, 0.2) is 54.6 Å². The molecule has 1 N–H and O–H groups in total. The first-order chi connectivity index (χ1) is 15.5. The SMILES string of the molecule is CCCOc1ccc(C(=O)CCC(=O)NC(CN2CCN(C)CC2)c2ccccc2)cc1. The maximum absolute atomic E-state index is 12.7. The Morgan fingerprint density at radius 1 is 0.969 bits per heavy atom. The van der Waals surface area contributed by atoms with Crippen molar-refractivity contribution in [3.63, 3.8) is 0 Å². The molecule has 0 radical (unpaired) electrons. The van der Waals surface area contributed by atoms with Gasteiger partial charge in [-0.05, 0) is 43.3 Å². The van der Waals surface area contributed by atoms with E-state index in [-0.39, 0.29) is 30.6 Å². The maximum Gasteiger partial charge on any atom is 0.220 e. The normalized spacial score (nSPS) is 15.8. The number of hydrogen-bond donors (Lipinski definition) is 1. The second-order valence-electron chi connectivity index (χ2n) is 8.43. The fourth-order valence-electron chi connectivity index (χ4n) is 3.80. The largest absolute Gasteiger partial charge is 0.494 e. The monoisotopic (exact) mass is 437 g/mol. The van der Waals surface area contributed by atoms with Gasteiger partial charge in [0.15, 0.2) is 5.78 Å². The smallest absolute Gasteiger partial charge is 0.220 e. The summed E-state index contributed by atoms with van der Waals surface area (Å²) in [7, 11) is 2.14. The third-order valence-electron chi connectivity index (χ3n) is 5.80. The molecule has 1 fully saturated rings. The lowest BCUT2D eigenvalue weighted by atomic mass is 10.0. The highest BCUT2D eigenvalue weighted by atomic mass is 16.5. The molecule has 0 bridgehead atoms. The lowest BCUT2D eigenvalue weighted by molar-refractivity contribution is -0.122. The number of ketones is 1. The maximum atomic E-state index is 12.7. The van der Waals surface area contributed by atoms with Gasteiger partial charge in [-0.25, -0.2) is 0 Å². The van der Waals surface area contributed by atoms with Crippen LogP contribution in [-0.2, 0) is 4.79 Å². The molecule has 3 rings (SSSR count).